The van der Waals surface area contributed by atoms with Crippen LogP contribution in [0.15, 0.2) is 0 Å². The Kier molecular flexibility index (Phi) is 4.56. The van der Waals surface area contributed by atoms with Crippen molar-refractivity contribution in [3.05, 3.63) is 0 Å². The number of carboxylic acids is 1. The summed E-state index contributed by atoms with van der Waals surface area (Å²) in [5, 5.41) is 12.1. The highest BCUT2D eigenvalue weighted by atomic mass is 16.6. The molecule has 0 aliphatic carbocycles. The van der Waals surface area contributed by atoms with E-state index >= 15 is 0 Å². The van der Waals surface area contributed by atoms with Crippen molar-refractivity contribution in [1.82, 2.24) is 10.2 Å². The Morgan fingerprint density at radius 2 is 2.00 bits per heavy atom. The second-order valence-corrected chi connectivity index (χ2v) is 5.55. The Balaban J connectivity index is 2.65. The zero-order chi connectivity index (χ0) is 13.9. The maximum Gasteiger partial charge on any atom is 0.410 e. The smallest absolute Gasteiger partial charge is 0.410 e. The molecule has 0 aromatic rings. The van der Waals surface area contributed by atoms with Crippen LogP contribution in [0.1, 0.15) is 27.2 Å². The van der Waals surface area contributed by atoms with Crippen LogP contribution in [-0.4, -0.2) is 53.8 Å². The molecule has 1 aliphatic rings. The van der Waals surface area contributed by atoms with Gasteiger partial charge in [-0.25, -0.2) is 4.79 Å². The summed E-state index contributed by atoms with van der Waals surface area (Å²) in [4.78, 5) is 24.5. The summed E-state index contributed by atoms with van der Waals surface area (Å²) < 4.78 is 5.25. The van der Waals surface area contributed by atoms with Crippen LogP contribution < -0.4 is 5.32 Å². The van der Waals surface area contributed by atoms with E-state index < -0.39 is 23.6 Å². The third-order valence-electron chi connectivity index (χ3n) is 2.95. The van der Waals surface area contributed by atoms with Crippen LogP contribution in [0.5, 0.6) is 0 Å². The molecular formula is C12H22N2O4. The van der Waals surface area contributed by atoms with Crippen molar-refractivity contribution >= 4 is 12.1 Å². The van der Waals surface area contributed by atoms with Crippen molar-refractivity contribution < 1.29 is 19.4 Å². The number of carbonyl (C=O) groups is 2. The Morgan fingerprint density at radius 3 is 2.44 bits per heavy atom. The SMILES string of the molecule is CNC1CCN(C(=O)OC(C)(C)C)CC1C(=O)O. The molecule has 0 bridgehead atoms. The van der Waals surface area contributed by atoms with Crippen molar-refractivity contribution in [2.75, 3.05) is 20.1 Å². The maximum absolute atomic E-state index is 11.9. The van der Waals surface area contributed by atoms with E-state index in [0.717, 1.165) is 0 Å². The largest absolute Gasteiger partial charge is 0.481 e. The van der Waals surface area contributed by atoms with Crippen LogP contribution in [-0.2, 0) is 9.53 Å². The fourth-order valence-electron chi connectivity index (χ4n) is 2.04. The van der Waals surface area contributed by atoms with Gasteiger partial charge in [0.25, 0.3) is 0 Å². The van der Waals surface area contributed by atoms with E-state index in [9.17, 15) is 9.59 Å². The van der Waals surface area contributed by atoms with Crippen molar-refractivity contribution in [3.8, 4) is 0 Å². The number of carboxylic acid groups (broad SMARTS) is 1. The summed E-state index contributed by atoms with van der Waals surface area (Å²) in [7, 11) is 1.74. The van der Waals surface area contributed by atoms with Gasteiger partial charge >= 0.3 is 12.1 Å². The average molecular weight is 258 g/mol. The van der Waals surface area contributed by atoms with Gasteiger partial charge in [0, 0.05) is 19.1 Å². The molecule has 0 saturated carbocycles. The number of aliphatic carboxylic acids is 1. The monoisotopic (exact) mass is 258 g/mol. The van der Waals surface area contributed by atoms with Gasteiger partial charge in [0.15, 0.2) is 0 Å². The molecule has 104 valence electrons. The zero-order valence-corrected chi connectivity index (χ0v) is 11.4. The molecular weight excluding hydrogens is 236 g/mol. The molecule has 2 N–H and O–H groups in total. The third kappa shape index (κ3) is 3.87. The molecule has 0 radical (unpaired) electrons. The first-order valence-corrected chi connectivity index (χ1v) is 6.12. The quantitative estimate of drug-likeness (QED) is 0.770. The number of ether oxygens (including phenoxy) is 1. The Labute approximate surface area is 107 Å². The lowest BCUT2D eigenvalue weighted by Gasteiger charge is -2.37. The first-order chi connectivity index (χ1) is 8.24. The predicted octanol–water partition coefficient (Wildman–Crippen LogP) is 0.916. The summed E-state index contributed by atoms with van der Waals surface area (Å²) in [5.41, 5.74) is -0.560. The highest BCUT2D eigenvalue weighted by Crippen LogP contribution is 2.20. The second-order valence-electron chi connectivity index (χ2n) is 5.55. The normalized spacial score (nSPS) is 24.8. The van der Waals surface area contributed by atoms with Gasteiger partial charge in [0.2, 0.25) is 0 Å². The highest BCUT2D eigenvalue weighted by Gasteiger charge is 2.36. The Bertz CT molecular complexity index is 325. The van der Waals surface area contributed by atoms with Crippen LogP contribution in [0.2, 0.25) is 0 Å². The summed E-state index contributed by atoms with van der Waals surface area (Å²) in [6.07, 6.45) is 0.176. The van der Waals surface area contributed by atoms with Gasteiger partial charge in [0.05, 0.1) is 5.92 Å². The molecule has 1 fully saturated rings. The highest BCUT2D eigenvalue weighted by molar-refractivity contribution is 5.74. The molecule has 0 aromatic carbocycles. The molecule has 2 unspecified atom stereocenters. The van der Waals surface area contributed by atoms with Gasteiger partial charge in [-0.2, -0.15) is 0 Å². The third-order valence-corrected chi connectivity index (χ3v) is 2.95. The zero-order valence-electron chi connectivity index (χ0n) is 11.4. The lowest BCUT2D eigenvalue weighted by molar-refractivity contribution is -0.144. The average Bonchev–Trinajstić information content (AvgIpc) is 2.25. The number of nitrogens with zero attached hydrogens (tertiary/aromatic N) is 1. The summed E-state index contributed by atoms with van der Waals surface area (Å²) >= 11 is 0. The van der Waals surface area contributed by atoms with Crippen molar-refractivity contribution in [1.29, 1.82) is 0 Å². The van der Waals surface area contributed by atoms with Gasteiger partial charge in [0.1, 0.15) is 5.60 Å². The number of rotatable bonds is 2. The van der Waals surface area contributed by atoms with E-state index in [-0.39, 0.29) is 12.6 Å². The minimum atomic E-state index is -0.886. The standard InChI is InChI=1S/C12H22N2O4/c1-12(2,3)18-11(17)14-6-5-9(13-4)8(7-14)10(15)16/h8-9,13H,5-7H2,1-4H3,(H,15,16). The lowest BCUT2D eigenvalue weighted by atomic mass is 9.92. The van der Waals surface area contributed by atoms with Crippen molar-refractivity contribution in [3.63, 3.8) is 0 Å². The Morgan fingerprint density at radius 1 is 1.39 bits per heavy atom. The molecule has 6 heteroatoms. The number of likely N-dealkylation sites (tertiary alicyclic amines) is 1. The van der Waals surface area contributed by atoms with Crippen LogP contribution in [0.4, 0.5) is 4.79 Å². The van der Waals surface area contributed by atoms with Crippen LogP contribution in [0, 0.1) is 5.92 Å². The topological polar surface area (TPSA) is 78.9 Å². The molecule has 0 spiro atoms. The Hall–Kier alpha value is -1.30. The number of piperidine rings is 1. The van der Waals surface area contributed by atoms with E-state index in [0.29, 0.717) is 13.0 Å². The maximum atomic E-state index is 11.9. The number of amides is 1. The number of nitrogens with one attached hydrogen (secondary N) is 1. The molecule has 0 aromatic heterocycles. The summed E-state index contributed by atoms with van der Waals surface area (Å²) in [6.45, 7) is 6.08. The van der Waals surface area contributed by atoms with E-state index in [2.05, 4.69) is 5.32 Å². The van der Waals surface area contributed by atoms with Crippen LogP contribution in [0.25, 0.3) is 0 Å². The van der Waals surface area contributed by atoms with Crippen LogP contribution >= 0.6 is 0 Å². The first-order valence-electron chi connectivity index (χ1n) is 6.12. The van der Waals surface area contributed by atoms with Gasteiger partial charge in [-0.15, -0.1) is 0 Å². The van der Waals surface area contributed by atoms with E-state index in [1.165, 1.54) is 4.90 Å². The molecule has 1 rings (SSSR count). The minimum absolute atomic E-state index is 0.0961. The van der Waals surface area contributed by atoms with E-state index in [1.54, 1.807) is 27.8 Å². The molecule has 6 nitrogen and oxygen atoms in total. The summed E-state index contributed by atoms with van der Waals surface area (Å²) in [6, 6.07) is -0.0961. The van der Waals surface area contributed by atoms with Crippen molar-refractivity contribution in [2.24, 2.45) is 5.92 Å². The molecule has 1 aliphatic heterocycles. The number of hydrogen-bond donors (Lipinski definition) is 2. The molecule has 1 saturated heterocycles. The number of hydrogen-bond acceptors (Lipinski definition) is 4. The molecule has 1 amide bonds. The lowest BCUT2D eigenvalue weighted by Crippen LogP contribution is -2.53. The van der Waals surface area contributed by atoms with Gasteiger partial charge < -0.3 is 20.1 Å². The molecule has 1 heterocycles. The van der Waals surface area contributed by atoms with Crippen LogP contribution in [0.3, 0.4) is 0 Å². The summed E-state index contributed by atoms with van der Waals surface area (Å²) in [5.74, 6) is -1.47. The molecule has 2 atom stereocenters. The van der Waals surface area contributed by atoms with Gasteiger partial charge in [-0.3, -0.25) is 4.79 Å². The molecule has 18 heavy (non-hydrogen) atoms. The fraction of sp³-hybridized carbons (Fsp3) is 0.833. The second kappa shape index (κ2) is 5.56. The van der Waals surface area contributed by atoms with Crippen molar-refractivity contribution in [2.45, 2.75) is 38.8 Å². The number of carbonyl (C=O) groups excluding carboxylic acids is 1. The minimum Gasteiger partial charge on any atom is -0.481 e. The predicted molar refractivity (Wildman–Crippen MR) is 66.4 cm³/mol. The fourth-order valence-corrected chi connectivity index (χ4v) is 2.04. The first kappa shape index (κ1) is 14.8. The van der Waals surface area contributed by atoms with E-state index in [1.807, 2.05) is 0 Å². The van der Waals surface area contributed by atoms with E-state index in [4.69, 9.17) is 9.84 Å². The van der Waals surface area contributed by atoms with Gasteiger partial charge in [-0.1, -0.05) is 0 Å². The van der Waals surface area contributed by atoms with Gasteiger partial charge in [-0.05, 0) is 34.2 Å².